The molecule has 3 saturated carbocycles. The largest absolute Gasteiger partial charge is 0.342 e. The van der Waals surface area contributed by atoms with Crippen LogP contribution >= 0.6 is 0 Å². The van der Waals surface area contributed by atoms with E-state index in [-0.39, 0.29) is 58.5 Å². The van der Waals surface area contributed by atoms with Crippen LogP contribution in [0.15, 0.2) is 24.3 Å². The van der Waals surface area contributed by atoms with E-state index in [0.29, 0.717) is 45.2 Å². The first kappa shape index (κ1) is 45.8. The molecule has 9 unspecified atom stereocenters. The molecule has 3 saturated heterocycles. The number of rotatable bonds is 14. The van der Waals surface area contributed by atoms with Crippen molar-refractivity contribution in [3.63, 3.8) is 0 Å². The van der Waals surface area contributed by atoms with E-state index in [1.165, 1.54) is 4.31 Å². The average molecular weight is 870 g/mol. The molecular formula is C46H72FN7O6S. The Hall–Kier alpha value is -3.17. The van der Waals surface area contributed by atoms with Gasteiger partial charge in [0.15, 0.2) is 0 Å². The highest BCUT2D eigenvalue weighted by Crippen LogP contribution is 2.88. The SMILES string of the molecule is C=CC1CC1(NC(=O)C1CC2(CN1C(=O)C(NC(=O)C(NC(=O)C1CCCCN1C(C)C)C1=CCCCC1)C(C)(C)C)C(C)(C)C21CCC1)C(=O)NCS(=O)N1CCC(F)C1. The standard InChI is InChI=1S/C46H72FN7O6S/c1-9-31-24-46(31,41(59)48-28-61(60)52-23-19-32(47)26-52)51-38(56)34-25-45(43(7,8)44(45)20-15-21-44)27-54(34)40(58)36(42(4,5)6)50-39(57)35(30-16-11-10-12-17-30)49-37(55)33-18-13-14-22-53(33)29(2)3/h9,16,29,31-36H,1,10-15,17-28H2,2-8H3,(H,48,59)(H,49,55)(H,50,57)(H,51,56). The molecule has 0 aromatic carbocycles. The molecule has 0 aromatic rings. The number of piperidine rings is 1. The van der Waals surface area contributed by atoms with Crippen LogP contribution in [0.25, 0.3) is 0 Å². The molecule has 6 fully saturated rings. The van der Waals surface area contributed by atoms with Crippen LogP contribution in [0.3, 0.4) is 0 Å². The van der Waals surface area contributed by atoms with Gasteiger partial charge in [-0.1, -0.05) is 59.6 Å². The number of nitrogens with zero attached hydrogens (tertiary/aromatic N) is 3. The summed E-state index contributed by atoms with van der Waals surface area (Å²) in [6, 6.07) is -3.04. The molecule has 7 aliphatic rings. The second-order valence-electron chi connectivity index (χ2n) is 21.2. The van der Waals surface area contributed by atoms with Crippen LogP contribution < -0.4 is 21.3 Å². The van der Waals surface area contributed by atoms with Gasteiger partial charge in [-0.05, 0) is 113 Å². The normalized spacial score (nSPS) is 33.3. The van der Waals surface area contributed by atoms with Gasteiger partial charge in [-0.3, -0.25) is 28.9 Å². The van der Waals surface area contributed by atoms with Gasteiger partial charge in [0.1, 0.15) is 46.7 Å². The van der Waals surface area contributed by atoms with Crippen molar-refractivity contribution < 1.29 is 32.6 Å². The van der Waals surface area contributed by atoms with Gasteiger partial charge < -0.3 is 26.2 Å². The zero-order valence-corrected chi connectivity index (χ0v) is 38.5. The van der Waals surface area contributed by atoms with Gasteiger partial charge >= 0.3 is 0 Å². The van der Waals surface area contributed by atoms with E-state index in [2.05, 4.69) is 66.5 Å². The van der Waals surface area contributed by atoms with Crippen molar-refractivity contribution in [1.29, 1.82) is 0 Å². The average Bonchev–Trinajstić information content (AvgIpc) is 3.75. The van der Waals surface area contributed by atoms with E-state index in [4.69, 9.17) is 0 Å². The highest BCUT2D eigenvalue weighted by atomic mass is 32.2. The topological polar surface area (TPSA) is 160 Å². The van der Waals surface area contributed by atoms with E-state index >= 15 is 4.79 Å². The molecule has 3 heterocycles. The summed E-state index contributed by atoms with van der Waals surface area (Å²) in [5.41, 5.74) is -1.69. The molecule has 0 radical (unpaired) electrons. The summed E-state index contributed by atoms with van der Waals surface area (Å²) in [5, 5.41) is 12.1. The predicted octanol–water partition coefficient (Wildman–Crippen LogP) is 4.40. The summed E-state index contributed by atoms with van der Waals surface area (Å²) in [6.07, 6.45) is 12.9. The second-order valence-corrected chi connectivity index (χ2v) is 22.6. The van der Waals surface area contributed by atoms with Crippen molar-refractivity contribution in [2.24, 2.45) is 27.6 Å². The quantitative estimate of drug-likeness (QED) is 0.188. The number of fused-ring (bicyclic) bond motifs is 1. The lowest BCUT2D eigenvalue weighted by molar-refractivity contribution is -0.145. The fourth-order valence-electron chi connectivity index (χ4n) is 12.2. The van der Waals surface area contributed by atoms with Crippen LogP contribution in [0, 0.1) is 27.6 Å². The molecule has 4 aliphatic carbocycles. The third kappa shape index (κ3) is 8.15. The lowest BCUT2D eigenvalue weighted by Gasteiger charge is -2.39. The van der Waals surface area contributed by atoms with Crippen molar-refractivity contribution in [3.8, 4) is 0 Å². The van der Waals surface area contributed by atoms with Gasteiger partial charge in [0, 0.05) is 37.0 Å². The molecule has 0 bridgehead atoms. The van der Waals surface area contributed by atoms with Crippen molar-refractivity contribution in [1.82, 2.24) is 35.4 Å². The van der Waals surface area contributed by atoms with Crippen molar-refractivity contribution in [3.05, 3.63) is 24.3 Å². The van der Waals surface area contributed by atoms with E-state index < -0.39 is 64.0 Å². The van der Waals surface area contributed by atoms with Crippen LogP contribution in [0.1, 0.15) is 132 Å². The summed E-state index contributed by atoms with van der Waals surface area (Å²) in [4.78, 5) is 76.6. The maximum atomic E-state index is 15.3. The second kappa shape index (κ2) is 17.1. The number of alkyl halides is 1. The smallest absolute Gasteiger partial charge is 0.247 e. The molecule has 61 heavy (non-hydrogen) atoms. The number of likely N-dealkylation sites (tertiary alicyclic amines) is 2. The summed E-state index contributed by atoms with van der Waals surface area (Å²) in [6.45, 7) is 19.8. The molecule has 3 aliphatic heterocycles. The molecule has 5 amide bonds. The third-order valence-electron chi connectivity index (χ3n) is 16.3. The van der Waals surface area contributed by atoms with E-state index in [1.54, 1.807) is 11.0 Å². The molecule has 7 rings (SSSR count). The summed E-state index contributed by atoms with van der Waals surface area (Å²) >= 11 is 0. The number of hydrogen-bond donors (Lipinski definition) is 4. The summed E-state index contributed by atoms with van der Waals surface area (Å²) < 4.78 is 28.3. The fourth-order valence-corrected chi connectivity index (χ4v) is 13.3. The van der Waals surface area contributed by atoms with Gasteiger partial charge in [-0.15, -0.1) is 6.58 Å². The summed E-state index contributed by atoms with van der Waals surface area (Å²) in [5.74, 6) is -2.48. The van der Waals surface area contributed by atoms with Crippen molar-refractivity contribution in [2.75, 3.05) is 32.1 Å². The van der Waals surface area contributed by atoms with Crippen LogP contribution in [-0.4, -0.2) is 122 Å². The highest BCUT2D eigenvalue weighted by Gasteiger charge is 2.85. The van der Waals surface area contributed by atoms with Crippen molar-refractivity contribution in [2.45, 2.75) is 174 Å². The molecular weight excluding hydrogens is 798 g/mol. The first-order valence-electron chi connectivity index (χ1n) is 23.1. The van der Waals surface area contributed by atoms with Gasteiger partial charge in [0.25, 0.3) is 0 Å². The van der Waals surface area contributed by atoms with Crippen LogP contribution in [0.5, 0.6) is 0 Å². The lowest BCUT2D eigenvalue weighted by atomic mass is 9.73. The number of amides is 5. The first-order valence-corrected chi connectivity index (χ1v) is 24.4. The molecule has 0 aromatic heterocycles. The maximum Gasteiger partial charge on any atom is 0.247 e. The molecule has 4 N–H and O–H groups in total. The van der Waals surface area contributed by atoms with Crippen LogP contribution in [-0.2, 0) is 35.0 Å². The van der Waals surface area contributed by atoms with E-state index in [1.807, 2.05) is 20.8 Å². The molecule has 9 atom stereocenters. The van der Waals surface area contributed by atoms with Crippen LogP contribution in [0.4, 0.5) is 4.39 Å². The predicted molar refractivity (Wildman–Crippen MR) is 233 cm³/mol. The Morgan fingerprint density at radius 1 is 0.951 bits per heavy atom. The van der Waals surface area contributed by atoms with Crippen molar-refractivity contribution >= 4 is 40.5 Å². The first-order chi connectivity index (χ1) is 28.7. The van der Waals surface area contributed by atoms with Gasteiger partial charge in [0.2, 0.25) is 29.5 Å². The molecule has 340 valence electrons. The molecule has 15 heteroatoms. The summed E-state index contributed by atoms with van der Waals surface area (Å²) in [7, 11) is -1.62. The molecule has 2 spiro atoms. The van der Waals surface area contributed by atoms with E-state index in [9.17, 15) is 27.8 Å². The lowest BCUT2D eigenvalue weighted by Crippen LogP contribution is -2.62. The third-order valence-corrected chi connectivity index (χ3v) is 17.6. The van der Waals surface area contributed by atoms with Gasteiger partial charge in [0.05, 0.1) is 6.04 Å². The van der Waals surface area contributed by atoms with E-state index in [0.717, 1.165) is 63.5 Å². The number of carbonyl (C=O) groups excluding carboxylic acids is 5. The zero-order chi connectivity index (χ0) is 44.3. The Morgan fingerprint density at radius 3 is 2.25 bits per heavy atom. The number of allylic oxidation sites excluding steroid dienone is 1. The zero-order valence-electron chi connectivity index (χ0n) is 37.7. The number of carbonyl (C=O) groups is 5. The Balaban J connectivity index is 1.13. The fraction of sp³-hybridized carbons (Fsp3) is 0.804. The molecule has 13 nitrogen and oxygen atoms in total. The maximum absolute atomic E-state index is 15.3. The Bertz CT molecular complexity index is 1830. The Labute approximate surface area is 365 Å². The monoisotopic (exact) mass is 870 g/mol. The minimum atomic E-state index is -1.62. The Kier molecular flexibility index (Phi) is 12.8. The number of hydrogen-bond acceptors (Lipinski definition) is 7. The Morgan fingerprint density at radius 2 is 1.69 bits per heavy atom. The van der Waals surface area contributed by atoms with Crippen LogP contribution in [0.2, 0.25) is 0 Å². The minimum Gasteiger partial charge on any atom is -0.342 e. The highest BCUT2D eigenvalue weighted by molar-refractivity contribution is 7.82. The van der Waals surface area contributed by atoms with Gasteiger partial charge in [-0.2, -0.15) is 0 Å². The number of nitrogens with one attached hydrogen (secondary N) is 4. The van der Waals surface area contributed by atoms with Gasteiger partial charge in [-0.25, -0.2) is 12.9 Å². The minimum absolute atomic E-state index is 0.00356. The number of halogens is 1.